The van der Waals surface area contributed by atoms with E-state index >= 15 is 0 Å². The first-order valence-corrected chi connectivity index (χ1v) is 7.11. The Balaban J connectivity index is 1.84. The van der Waals surface area contributed by atoms with Crippen LogP contribution in [-0.2, 0) is 17.5 Å². The van der Waals surface area contributed by atoms with Crippen molar-refractivity contribution in [1.29, 1.82) is 0 Å². The Morgan fingerprint density at radius 3 is 3.05 bits per heavy atom. The molecule has 4 nitrogen and oxygen atoms in total. The first-order valence-electron chi connectivity index (χ1n) is 7.11. The summed E-state index contributed by atoms with van der Waals surface area (Å²) in [6, 6.07) is 6.73. The third kappa shape index (κ3) is 2.93. The van der Waals surface area contributed by atoms with Gasteiger partial charge in [0.15, 0.2) is 11.6 Å². The number of halogens is 1. The van der Waals surface area contributed by atoms with Gasteiger partial charge in [0.1, 0.15) is 5.69 Å². The second kappa shape index (κ2) is 5.98. The summed E-state index contributed by atoms with van der Waals surface area (Å²) < 4.78 is 19.0. The minimum Gasteiger partial charge on any atom is -0.423 e. The number of ketones is 1. The summed E-state index contributed by atoms with van der Waals surface area (Å²) in [6.45, 7) is 2.19. The molecule has 0 fully saturated rings. The van der Waals surface area contributed by atoms with Crippen molar-refractivity contribution in [3.05, 3.63) is 58.7 Å². The zero-order valence-electron chi connectivity index (χ0n) is 12.2. The lowest BCUT2D eigenvalue weighted by Crippen LogP contribution is -2.41. The van der Waals surface area contributed by atoms with Crippen LogP contribution < -0.4 is 5.46 Å². The molecule has 0 aliphatic carbocycles. The zero-order valence-corrected chi connectivity index (χ0v) is 12.2. The molecule has 0 bridgehead atoms. The van der Waals surface area contributed by atoms with Gasteiger partial charge in [-0.05, 0) is 41.6 Å². The number of aromatic nitrogens is 1. The maximum atomic E-state index is 13.8. The van der Waals surface area contributed by atoms with Crippen molar-refractivity contribution in [2.24, 2.45) is 0 Å². The van der Waals surface area contributed by atoms with Gasteiger partial charge >= 0.3 is 7.12 Å². The summed E-state index contributed by atoms with van der Waals surface area (Å²) in [5.74, 6) is -0.991. The smallest absolute Gasteiger partial charge is 0.423 e. The number of carbonyl (C=O) groups excluding carboxylic acids is 1. The molecule has 1 aromatic carbocycles. The summed E-state index contributed by atoms with van der Waals surface area (Å²) in [5.41, 5.74) is 2.90. The van der Waals surface area contributed by atoms with Crippen LogP contribution in [0.2, 0.25) is 0 Å². The van der Waals surface area contributed by atoms with Crippen LogP contribution in [-0.4, -0.2) is 29.5 Å². The van der Waals surface area contributed by atoms with E-state index in [1.54, 1.807) is 13.0 Å². The fraction of sp³-hybridized carbons (Fsp3) is 0.250. The van der Waals surface area contributed by atoms with Crippen LogP contribution in [0.5, 0.6) is 0 Å². The van der Waals surface area contributed by atoms with Crippen molar-refractivity contribution in [3.63, 3.8) is 0 Å². The second-order valence-corrected chi connectivity index (χ2v) is 5.45. The minimum absolute atomic E-state index is 0.0347. The molecule has 1 N–H and O–H groups in total. The summed E-state index contributed by atoms with van der Waals surface area (Å²) in [7, 11) is -0.965. The number of Topliss-reactive ketones (excluding diaryl/α,β-unsaturated/α-hetero) is 1. The Morgan fingerprint density at radius 1 is 1.45 bits per heavy atom. The lowest BCUT2D eigenvalue weighted by Gasteiger charge is -2.19. The third-order valence-corrected chi connectivity index (χ3v) is 3.73. The lowest BCUT2D eigenvalue weighted by molar-refractivity contribution is 0.0984. The zero-order chi connectivity index (χ0) is 15.7. The highest BCUT2D eigenvalue weighted by atomic mass is 19.1. The van der Waals surface area contributed by atoms with Crippen molar-refractivity contribution in [2.75, 3.05) is 6.61 Å². The van der Waals surface area contributed by atoms with Gasteiger partial charge in [0, 0.05) is 19.2 Å². The number of hydrogen-bond donors (Lipinski definition) is 1. The van der Waals surface area contributed by atoms with Gasteiger partial charge in [0.2, 0.25) is 0 Å². The monoisotopic (exact) mass is 299 g/mol. The van der Waals surface area contributed by atoms with E-state index in [0.717, 1.165) is 12.0 Å². The van der Waals surface area contributed by atoms with Gasteiger partial charge < -0.3 is 9.68 Å². The number of nitrogens with zero attached hydrogens (tertiary/aromatic N) is 1. The number of hydrogen-bond acceptors (Lipinski definition) is 4. The Labute approximate surface area is 128 Å². The molecule has 0 atom stereocenters. The summed E-state index contributed by atoms with van der Waals surface area (Å²) >= 11 is 0. The van der Waals surface area contributed by atoms with Crippen molar-refractivity contribution in [3.8, 4) is 0 Å². The van der Waals surface area contributed by atoms with Gasteiger partial charge in [0.05, 0.1) is 0 Å². The largest absolute Gasteiger partial charge is 0.491 e. The van der Waals surface area contributed by atoms with Crippen LogP contribution in [0.25, 0.3) is 0 Å². The molecule has 0 radical (unpaired) electrons. The highest BCUT2D eigenvalue weighted by Crippen LogP contribution is 2.13. The Bertz CT molecular complexity index is 735. The molecule has 3 rings (SSSR count). The molecule has 2 aromatic rings. The van der Waals surface area contributed by atoms with Crippen LogP contribution in [0.3, 0.4) is 0 Å². The normalized spacial score (nSPS) is 13.9. The Kier molecular flexibility index (Phi) is 4.05. The fourth-order valence-corrected chi connectivity index (χ4v) is 2.59. The van der Waals surface area contributed by atoms with Crippen molar-refractivity contribution in [1.82, 2.24) is 4.98 Å². The number of aryl methyl sites for hydroxylation is 1. The lowest BCUT2D eigenvalue weighted by atomic mass is 9.73. The molecule has 112 valence electrons. The summed E-state index contributed by atoms with van der Waals surface area (Å²) in [6.07, 6.45) is 2.24. The average Bonchev–Trinajstić information content (AvgIpc) is 2.48. The molecule has 0 unspecified atom stereocenters. The molecule has 0 spiro atoms. The molecule has 1 aliphatic heterocycles. The van der Waals surface area contributed by atoms with Crippen LogP contribution in [0, 0.1) is 12.7 Å². The van der Waals surface area contributed by atoms with E-state index in [-0.39, 0.29) is 17.9 Å². The molecular weight excluding hydrogens is 284 g/mol. The van der Waals surface area contributed by atoms with Crippen LogP contribution >= 0.6 is 0 Å². The number of fused-ring (bicyclic) bond motifs is 1. The van der Waals surface area contributed by atoms with Gasteiger partial charge in [-0.2, -0.15) is 0 Å². The van der Waals surface area contributed by atoms with Gasteiger partial charge in [-0.1, -0.05) is 18.2 Å². The predicted octanol–water partition coefficient (Wildman–Crippen LogP) is 1.21. The first kappa shape index (κ1) is 14.9. The highest BCUT2D eigenvalue weighted by molar-refractivity contribution is 6.60. The van der Waals surface area contributed by atoms with Crippen molar-refractivity contribution >= 4 is 18.4 Å². The number of carbonyl (C=O) groups is 1. The van der Waals surface area contributed by atoms with E-state index in [2.05, 4.69) is 4.98 Å². The predicted molar refractivity (Wildman–Crippen MR) is 80.7 cm³/mol. The molecule has 22 heavy (non-hydrogen) atoms. The Morgan fingerprint density at radius 2 is 2.27 bits per heavy atom. The SMILES string of the molecule is Cc1cnc(C(=O)Cc2ccc3c(c2)B(O)OCC3)c(F)c1. The first-order chi connectivity index (χ1) is 10.5. The van der Waals surface area contributed by atoms with E-state index < -0.39 is 12.9 Å². The van der Waals surface area contributed by atoms with E-state index in [0.29, 0.717) is 23.2 Å². The molecule has 0 saturated carbocycles. The maximum absolute atomic E-state index is 13.8. The number of pyridine rings is 1. The van der Waals surface area contributed by atoms with Gasteiger partial charge in [-0.25, -0.2) is 9.37 Å². The fourth-order valence-electron chi connectivity index (χ4n) is 2.59. The molecule has 2 heterocycles. The molecule has 1 aliphatic rings. The van der Waals surface area contributed by atoms with Gasteiger partial charge in [-0.15, -0.1) is 0 Å². The molecular formula is C16H15BFNO3. The Hall–Kier alpha value is -2.05. The van der Waals surface area contributed by atoms with Gasteiger partial charge in [0.25, 0.3) is 0 Å². The topological polar surface area (TPSA) is 59.4 Å². The van der Waals surface area contributed by atoms with E-state index in [1.165, 1.54) is 12.3 Å². The minimum atomic E-state index is -0.965. The van der Waals surface area contributed by atoms with Crippen LogP contribution in [0.15, 0.2) is 30.5 Å². The quantitative estimate of drug-likeness (QED) is 0.684. The third-order valence-electron chi connectivity index (χ3n) is 3.73. The molecule has 0 amide bonds. The van der Waals surface area contributed by atoms with E-state index in [9.17, 15) is 14.2 Å². The van der Waals surface area contributed by atoms with Crippen molar-refractivity contribution in [2.45, 2.75) is 19.8 Å². The van der Waals surface area contributed by atoms with E-state index in [1.807, 2.05) is 12.1 Å². The van der Waals surface area contributed by atoms with Crippen molar-refractivity contribution < 1.29 is 18.9 Å². The van der Waals surface area contributed by atoms with E-state index in [4.69, 9.17) is 4.65 Å². The highest BCUT2D eigenvalue weighted by Gasteiger charge is 2.25. The number of benzene rings is 1. The average molecular weight is 299 g/mol. The molecule has 0 saturated heterocycles. The number of rotatable bonds is 3. The van der Waals surface area contributed by atoms with Gasteiger partial charge in [-0.3, -0.25) is 4.79 Å². The molecule has 6 heteroatoms. The van der Waals surface area contributed by atoms with Crippen LogP contribution in [0.1, 0.15) is 27.2 Å². The standard InChI is InChI=1S/C16H15BFNO3/c1-10-6-14(18)16(19-9-10)15(20)8-11-2-3-12-4-5-22-17(21)13(12)7-11/h2-3,6-7,9,21H,4-5,8H2,1H3. The maximum Gasteiger partial charge on any atom is 0.491 e. The molecule has 1 aromatic heterocycles. The summed E-state index contributed by atoms with van der Waals surface area (Å²) in [5, 5.41) is 9.83. The van der Waals surface area contributed by atoms with Crippen LogP contribution in [0.4, 0.5) is 4.39 Å². The summed E-state index contributed by atoms with van der Waals surface area (Å²) in [4.78, 5) is 16.1. The second-order valence-electron chi connectivity index (χ2n) is 5.45.